The summed E-state index contributed by atoms with van der Waals surface area (Å²) in [4.78, 5) is 3.97. The molecule has 1 aromatic heterocycles. The first-order valence-corrected chi connectivity index (χ1v) is 5.81. The van der Waals surface area contributed by atoms with Crippen LogP contribution in [0.25, 0.3) is 0 Å². The van der Waals surface area contributed by atoms with Gasteiger partial charge in [-0.25, -0.2) is 4.39 Å². The molecule has 0 bridgehead atoms. The fourth-order valence-corrected chi connectivity index (χ4v) is 1.62. The lowest BCUT2D eigenvalue weighted by molar-refractivity contribution is -0.140. The van der Waals surface area contributed by atoms with Gasteiger partial charge in [-0.3, -0.25) is 10.8 Å². The first-order valence-electron chi connectivity index (χ1n) is 5.81. The van der Waals surface area contributed by atoms with Gasteiger partial charge >= 0.3 is 6.18 Å². The van der Waals surface area contributed by atoms with E-state index in [2.05, 4.69) is 10.4 Å². The zero-order valence-electron chi connectivity index (χ0n) is 10.6. The van der Waals surface area contributed by atoms with Gasteiger partial charge in [0, 0.05) is 6.20 Å². The lowest BCUT2D eigenvalue weighted by Crippen LogP contribution is -2.09. The van der Waals surface area contributed by atoms with E-state index in [1.807, 2.05) is 0 Å². The van der Waals surface area contributed by atoms with Crippen LogP contribution in [0.15, 0.2) is 36.5 Å². The number of nitrogens with zero attached hydrogens (tertiary/aromatic N) is 1. The van der Waals surface area contributed by atoms with Crippen molar-refractivity contribution in [2.24, 2.45) is 5.84 Å². The SMILES string of the molecule is NNc1ccnc(COc2ccc(F)c(C(F)(F)F)c2)c1. The zero-order chi connectivity index (χ0) is 15.5. The fraction of sp³-hybridized carbons (Fsp3) is 0.154. The number of nitrogens with one attached hydrogen (secondary N) is 1. The van der Waals surface area contributed by atoms with Crippen LogP contribution < -0.4 is 16.0 Å². The Kier molecular flexibility index (Phi) is 4.27. The van der Waals surface area contributed by atoms with Gasteiger partial charge in [0.15, 0.2) is 0 Å². The van der Waals surface area contributed by atoms with Gasteiger partial charge in [-0.2, -0.15) is 13.2 Å². The monoisotopic (exact) mass is 301 g/mol. The van der Waals surface area contributed by atoms with Crippen LogP contribution in [-0.2, 0) is 12.8 Å². The van der Waals surface area contributed by atoms with Crippen LogP contribution >= 0.6 is 0 Å². The Balaban J connectivity index is 2.13. The Morgan fingerprint density at radius 3 is 2.62 bits per heavy atom. The number of rotatable bonds is 4. The second-order valence-corrected chi connectivity index (χ2v) is 4.11. The molecule has 2 aromatic rings. The van der Waals surface area contributed by atoms with Crippen LogP contribution in [0.2, 0.25) is 0 Å². The van der Waals surface area contributed by atoms with Crippen molar-refractivity contribution in [1.29, 1.82) is 0 Å². The molecule has 0 aliphatic carbocycles. The summed E-state index contributed by atoms with van der Waals surface area (Å²) in [6, 6.07) is 5.64. The Morgan fingerprint density at radius 1 is 1.19 bits per heavy atom. The summed E-state index contributed by atoms with van der Waals surface area (Å²) in [5, 5.41) is 0. The lowest BCUT2D eigenvalue weighted by Gasteiger charge is -2.11. The molecule has 3 N–H and O–H groups in total. The molecule has 0 aliphatic heterocycles. The van der Waals surface area contributed by atoms with E-state index in [1.54, 1.807) is 12.1 Å². The first-order chi connectivity index (χ1) is 9.90. The number of halogens is 4. The molecule has 0 saturated carbocycles. The van der Waals surface area contributed by atoms with Gasteiger partial charge in [0.1, 0.15) is 18.2 Å². The molecule has 0 aliphatic rings. The van der Waals surface area contributed by atoms with Gasteiger partial charge in [0.05, 0.1) is 16.9 Å². The minimum absolute atomic E-state index is 0.0710. The second-order valence-electron chi connectivity index (χ2n) is 4.11. The molecule has 112 valence electrons. The molecule has 1 aromatic carbocycles. The smallest absolute Gasteiger partial charge is 0.419 e. The number of pyridine rings is 1. The molecule has 0 spiro atoms. The largest absolute Gasteiger partial charge is 0.487 e. The molecule has 2 rings (SSSR count). The topological polar surface area (TPSA) is 60.2 Å². The van der Waals surface area contributed by atoms with Gasteiger partial charge < -0.3 is 10.2 Å². The van der Waals surface area contributed by atoms with Crippen molar-refractivity contribution in [2.45, 2.75) is 12.8 Å². The molecule has 0 unspecified atom stereocenters. The Labute approximate surface area is 117 Å². The standard InChI is InChI=1S/C13H11F4N3O/c14-12-2-1-10(6-11(12)13(15,16)17)21-7-9-5-8(20-18)3-4-19-9/h1-6H,7,18H2,(H,19,20). The predicted octanol–water partition coefficient (Wildman–Crippen LogP) is 3.10. The Hall–Kier alpha value is -2.35. The number of aromatic nitrogens is 1. The molecule has 0 fully saturated rings. The van der Waals surface area contributed by atoms with Crippen LogP contribution in [0.4, 0.5) is 23.2 Å². The number of nitrogen functional groups attached to an aromatic ring is 1. The highest BCUT2D eigenvalue weighted by molar-refractivity contribution is 5.41. The van der Waals surface area contributed by atoms with Crippen molar-refractivity contribution in [3.63, 3.8) is 0 Å². The molecule has 4 nitrogen and oxygen atoms in total. The number of ether oxygens (including phenoxy) is 1. The summed E-state index contributed by atoms with van der Waals surface area (Å²) < 4.78 is 56.0. The average molecular weight is 301 g/mol. The highest BCUT2D eigenvalue weighted by Gasteiger charge is 2.34. The van der Waals surface area contributed by atoms with E-state index in [1.165, 1.54) is 6.20 Å². The van der Waals surface area contributed by atoms with Crippen molar-refractivity contribution in [3.05, 3.63) is 53.6 Å². The minimum atomic E-state index is -4.77. The molecule has 0 atom stereocenters. The average Bonchev–Trinajstić information content (AvgIpc) is 2.45. The van der Waals surface area contributed by atoms with Gasteiger partial charge in [0.2, 0.25) is 0 Å². The fourth-order valence-electron chi connectivity index (χ4n) is 1.62. The van der Waals surface area contributed by atoms with Gasteiger partial charge in [-0.1, -0.05) is 0 Å². The molecular formula is C13H11F4N3O. The number of benzene rings is 1. The van der Waals surface area contributed by atoms with Crippen LogP contribution in [0, 0.1) is 5.82 Å². The molecule has 8 heteroatoms. The van der Waals surface area contributed by atoms with Crippen LogP contribution in [-0.4, -0.2) is 4.98 Å². The lowest BCUT2D eigenvalue weighted by atomic mass is 10.2. The highest BCUT2D eigenvalue weighted by Crippen LogP contribution is 2.33. The summed E-state index contributed by atoms with van der Waals surface area (Å²) in [5.74, 6) is 3.78. The molecule has 1 heterocycles. The van der Waals surface area contributed by atoms with E-state index in [-0.39, 0.29) is 12.4 Å². The number of alkyl halides is 3. The van der Waals surface area contributed by atoms with E-state index in [0.29, 0.717) is 23.5 Å². The van der Waals surface area contributed by atoms with Crippen LogP contribution in [0.3, 0.4) is 0 Å². The quantitative estimate of drug-likeness (QED) is 0.517. The maximum atomic E-state index is 13.1. The third kappa shape index (κ3) is 3.82. The van der Waals surface area contributed by atoms with E-state index >= 15 is 0 Å². The summed E-state index contributed by atoms with van der Waals surface area (Å²) in [7, 11) is 0. The predicted molar refractivity (Wildman–Crippen MR) is 67.8 cm³/mol. The molecule has 0 amide bonds. The molecular weight excluding hydrogens is 290 g/mol. The third-order valence-electron chi connectivity index (χ3n) is 2.61. The zero-order valence-corrected chi connectivity index (χ0v) is 10.6. The van der Waals surface area contributed by atoms with Crippen LogP contribution in [0.5, 0.6) is 5.75 Å². The maximum absolute atomic E-state index is 13.1. The second kappa shape index (κ2) is 5.96. The maximum Gasteiger partial charge on any atom is 0.419 e. The van der Waals surface area contributed by atoms with E-state index in [4.69, 9.17) is 10.6 Å². The van der Waals surface area contributed by atoms with Crippen molar-refractivity contribution in [3.8, 4) is 5.75 Å². The molecule has 21 heavy (non-hydrogen) atoms. The summed E-state index contributed by atoms with van der Waals surface area (Å²) >= 11 is 0. The number of nitrogens with two attached hydrogens (primary N) is 1. The van der Waals surface area contributed by atoms with Crippen molar-refractivity contribution in [1.82, 2.24) is 4.98 Å². The number of hydrogen-bond acceptors (Lipinski definition) is 4. The van der Waals surface area contributed by atoms with E-state index in [9.17, 15) is 17.6 Å². The minimum Gasteiger partial charge on any atom is -0.487 e. The van der Waals surface area contributed by atoms with Gasteiger partial charge in [-0.15, -0.1) is 0 Å². The number of hydrogen-bond donors (Lipinski definition) is 2. The summed E-state index contributed by atoms with van der Waals surface area (Å²) in [6.45, 7) is -0.0710. The van der Waals surface area contributed by atoms with Gasteiger partial charge in [-0.05, 0) is 30.3 Å². The highest BCUT2D eigenvalue weighted by atomic mass is 19.4. The first kappa shape index (κ1) is 15.0. The Morgan fingerprint density at radius 2 is 1.95 bits per heavy atom. The normalized spacial score (nSPS) is 11.3. The van der Waals surface area contributed by atoms with Crippen molar-refractivity contribution >= 4 is 5.69 Å². The summed E-state index contributed by atoms with van der Waals surface area (Å²) in [6.07, 6.45) is -3.30. The number of hydrazine groups is 1. The van der Waals surface area contributed by atoms with Crippen molar-refractivity contribution in [2.75, 3.05) is 5.43 Å². The third-order valence-corrected chi connectivity index (χ3v) is 2.61. The van der Waals surface area contributed by atoms with Crippen molar-refractivity contribution < 1.29 is 22.3 Å². The van der Waals surface area contributed by atoms with Gasteiger partial charge in [0.25, 0.3) is 0 Å². The van der Waals surface area contributed by atoms with E-state index in [0.717, 1.165) is 6.07 Å². The number of anilines is 1. The molecule has 0 saturated heterocycles. The van der Waals surface area contributed by atoms with E-state index < -0.39 is 17.6 Å². The summed E-state index contributed by atoms with van der Waals surface area (Å²) in [5.41, 5.74) is 2.08. The van der Waals surface area contributed by atoms with Crippen LogP contribution in [0.1, 0.15) is 11.3 Å². The molecule has 0 radical (unpaired) electrons. The Bertz CT molecular complexity index is 631.